The first-order valence-electron chi connectivity index (χ1n) is 10.1. The molecular weight excluding hydrogens is 471 g/mol. The number of fused-ring (bicyclic) bond motifs is 1. The lowest BCUT2D eigenvalue weighted by Gasteiger charge is -2.12. The highest BCUT2D eigenvalue weighted by molar-refractivity contribution is 7.92. The SMILES string of the molecule is CCCS(=O)(=O)Nc1cc(F)c(F)c(C(=O)c2ccc3ncc(-n4cnc(C)c4)nc3c2)c1F. The first kappa shape index (κ1) is 23.4. The summed E-state index contributed by atoms with van der Waals surface area (Å²) in [6.07, 6.45) is 4.94. The van der Waals surface area contributed by atoms with E-state index in [-0.39, 0.29) is 23.3 Å². The summed E-state index contributed by atoms with van der Waals surface area (Å²) in [6, 6.07) is 4.33. The molecule has 0 radical (unpaired) electrons. The first-order valence-corrected chi connectivity index (χ1v) is 11.8. The van der Waals surface area contributed by atoms with E-state index in [1.807, 2.05) is 4.72 Å². The number of rotatable bonds is 7. The normalized spacial score (nSPS) is 11.7. The van der Waals surface area contributed by atoms with Gasteiger partial charge in [-0.3, -0.25) is 19.1 Å². The second-order valence-electron chi connectivity index (χ2n) is 7.51. The molecule has 0 amide bonds. The van der Waals surface area contributed by atoms with E-state index in [1.54, 1.807) is 24.6 Å². The van der Waals surface area contributed by atoms with Gasteiger partial charge in [-0.25, -0.2) is 31.6 Å². The van der Waals surface area contributed by atoms with Crippen LogP contribution in [0.5, 0.6) is 0 Å². The van der Waals surface area contributed by atoms with E-state index in [0.717, 1.165) is 5.69 Å². The molecule has 0 atom stereocenters. The van der Waals surface area contributed by atoms with Crippen LogP contribution >= 0.6 is 0 Å². The standard InChI is InChI=1S/C22H18F3N5O3S/c1-3-6-34(32,33)29-17-8-14(23)20(24)19(21(17)25)22(31)13-4-5-15-16(7-13)28-18(9-26-15)30-10-12(2)27-11-30/h4-5,7-11,29H,3,6H2,1-2H3. The molecule has 4 aromatic rings. The molecule has 0 aliphatic rings. The third-order valence-corrected chi connectivity index (χ3v) is 6.37. The average molecular weight is 489 g/mol. The number of hydrogen-bond acceptors (Lipinski definition) is 6. The fraction of sp³-hybridized carbons (Fsp3) is 0.182. The van der Waals surface area contributed by atoms with E-state index in [0.29, 0.717) is 17.4 Å². The minimum absolute atomic E-state index is 0.188. The van der Waals surface area contributed by atoms with Gasteiger partial charge in [-0.1, -0.05) is 6.92 Å². The van der Waals surface area contributed by atoms with Crippen LogP contribution in [0.3, 0.4) is 0 Å². The Hall–Kier alpha value is -3.80. The van der Waals surface area contributed by atoms with Crippen molar-refractivity contribution < 1.29 is 26.4 Å². The van der Waals surface area contributed by atoms with Crippen LogP contribution in [0.25, 0.3) is 16.9 Å². The second-order valence-corrected chi connectivity index (χ2v) is 9.35. The maximum absolute atomic E-state index is 15.0. The summed E-state index contributed by atoms with van der Waals surface area (Å²) in [5.74, 6) is -5.97. The number of nitrogens with one attached hydrogen (secondary N) is 1. The Kier molecular flexibility index (Phi) is 6.09. The van der Waals surface area contributed by atoms with Gasteiger partial charge in [0, 0.05) is 17.8 Å². The van der Waals surface area contributed by atoms with Gasteiger partial charge < -0.3 is 0 Å². The Labute approximate surface area is 192 Å². The largest absolute Gasteiger partial charge is 0.289 e. The van der Waals surface area contributed by atoms with Crippen molar-refractivity contribution >= 4 is 32.5 Å². The number of anilines is 1. The number of halogens is 3. The molecule has 176 valence electrons. The lowest BCUT2D eigenvalue weighted by atomic mass is 10.0. The number of benzene rings is 2. The van der Waals surface area contributed by atoms with Gasteiger partial charge >= 0.3 is 0 Å². The van der Waals surface area contributed by atoms with Gasteiger partial charge in [0.25, 0.3) is 0 Å². The van der Waals surface area contributed by atoms with Crippen LogP contribution < -0.4 is 4.72 Å². The van der Waals surface area contributed by atoms with E-state index >= 15 is 4.39 Å². The highest BCUT2D eigenvalue weighted by Gasteiger charge is 2.27. The van der Waals surface area contributed by atoms with Crippen molar-refractivity contribution in [3.8, 4) is 5.82 Å². The third kappa shape index (κ3) is 4.49. The van der Waals surface area contributed by atoms with Crippen LogP contribution in [-0.4, -0.2) is 39.5 Å². The van der Waals surface area contributed by atoms with Gasteiger partial charge in [-0.05, 0) is 31.5 Å². The molecule has 0 saturated carbocycles. The van der Waals surface area contributed by atoms with Crippen LogP contribution in [0.2, 0.25) is 0 Å². The molecule has 2 aromatic heterocycles. The molecule has 0 bridgehead atoms. The Bertz CT molecular complexity index is 1540. The second kappa shape index (κ2) is 8.86. The topological polar surface area (TPSA) is 107 Å². The zero-order valence-corrected chi connectivity index (χ0v) is 18.8. The molecule has 12 heteroatoms. The quantitative estimate of drug-likeness (QED) is 0.312. The van der Waals surface area contributed by atoms with Crippen molar-refractivity contribution in [3.05, 3.63) is 77.3 Å². The third-order valence-electron chi connectivity index (χ3n) is 4.89. The minimum Gasteiger partial charge on any atom is -0.289 e. The predicted octanol–water partition coefficient (Wildman–Crippen LogP) is 3.92. The van der Waals surface area contributed by atoms with Crippen LogP contribution in [0.1, 0.15) is 35.0 Å². The smallest absolute Gasteiger partial charge is 0.232 e. The number of aromatic nitrogens is 4. The highest BCUT2D eigenvalue weighted by atomic mass is 32.2. The van der Waals surface area contributed by atoms with Crippen molar-refractivity contribution in [2.75, 3.05) is 10.5 Å². The molecule has 0 saturated heterocycles. The van der Waals surface area contributed by atoms with Gasteiger partial charge in [0.1, 0.15) is 6.33 Å². The molecule has 1 N–H and O–H groups in total. The van der Waals surface area contributed by atoms with Crippen molar-refractivity contribution in [1.29, 1.82) is 0 Å². The van der Waals surface area contributed by atoms with E-state index < -0.39 is 44.5 Å². The molecule has 0 fully saturated rings. The van der Waals surface area contributed by atoms with Crippen molar-refractivity contribution in [2.45, 2.75) is 20.3 Å². The van der Waals surface area contributed by atoms with Gasteiger partial charge in [0.15, 0.2) is 29.1 Å². The number of nitrogens with zero attached hydrogens (tertiary/aromatic N) is 4. The number of imidazole rings is 1. The van der Waals surface area contributed by atoms with E-state index in [4.69, 9.17) is 0 Å². The molecule has 8 nitrogen and oxygen atoms in total. The van der Waals surface area contributed by atoms with Gasteiger partial charge in [0.2, 0.25) is 10.0 Å². The number of aryl methyl sites for hydroxylation is 1. The predicted molar refractivity (Wildman–Crippen MR) is 119 cm³/mol. The van der Waals surface area contributed by atoms with Crippen molar-refractivity contribution in [3.63, 3.8) is 0 Å². The number of carbonyl (C=O) groups is 1. The summed E-state index contributed by atoms with van der Waals surface area (Å²) >= 11 is 0. The van der Waals surface area contributed by atoms with Crippen molar-refractivity contribution in [2.24, 2.45) is 0 Å². The lowest BCUT2D eigenvalue weighted by molar-refractivity contribution is 0.103. The molecule has 0 unspecified atom stereocenters. The molecule has 0 spiro atoms. The highest BCUT2D eigenvalue weighted by Crippen LogP contribution is 2.28. The molecule has 0 aliphatic heterocycles. The van der Waals surface area contributed by atoms with Crippen molar-refractivity contribution in [1.82, 2.24) is 19.5 Å². The van der Waals surface area contributed by atoms with Gasteiger partial charge in [0.05, 0.1) is 39.9 Å². The van der Waals surface area contributed by atoms with E-state index in [9.17, 15) is 22.0 Å². The zero-order valence-electron chi connectivity index (χ0n) is 18.0. The maximum atomic E-state index is 15.0. The lowest BCUT2D eigenvalue weighted by Crippen LogP contribution is -2.19. The molecule has 0 aliphatic carbocycles. The Morgan fingerprint density at radius 1 is 1.09 bits per heavy atom. The maximum Gasteiger partial charge on any atom is 0.232 e. The van der Waals surface area contributed by atoms with Crippen LogP contribution in [-0.2, 0) is 10.0 Å². The summed E-state index contributed by atoms with van der Waals surface area (Å²) in [6.45, 7) is 3.37. The Morgan fingerprint density at radius 2 is 1.85 bits per heavy atom. The van der Waals surface area contributed by atoms with Crippen LogP contribution in [0, 0.1) is 24.4 Å². The summed E-state index contributed by atoms with van der Waals surface area (Å²) < 4.78 is 71.2. The summed E-state index contributed by atoms with van der Waals surface area (Å²) in [7, 11) is -4.02. The van der Waals surface area contributed by atoms with E-state index in [2.05, 4.69) is 15.0 Å². The monoisotopic (exact) mass is 489 g/mol. The molecule has 34 heavy (non-hydrogen) atoms. The molecule has 2 heterocycles. The fourth-order valence-corrected chi connectivity index (χ4v) is 4.45. The molecule has 2 aromatic carbocycles. The Morgan fingerprint density at radius 3 is 2.53 bits per heavy atom. The minimum atomic E-state index is -4.02. The summed E-state index contributed by atoms with van der Waals surface area (Å²) in [5, 5.41) is 0. The van der Waals surface area contributed by atoms with Crippen LogP contribution in [0.4, 0.5) is 18.9 Å². The summed E-state index contributed by atoms with van der Waals surface area (Å²) in [5.41, 5.74) is -0.863. The van der Waals surface area contributed by atoms with Crippen LogP contribution in [0.15, 0.2) is 43.0 Å². The molecule has 4 rings (SSSR count). The molecular formula is C22H18F3N5O3S. The first-order chi connectivity index (χ1) is 16.1. The number of sulfonamides is 1. The number of hydrogen-bond donors (Lipinski definition) is 1. The Balaban J connectivity index is 1.78. The summed E-state index contributed by atoms with van der Waals surface area (Å²) in [4.78, 5) is 25.8. The van der Waals surface area contributed by atoms with E-state index in [1.165, 1.54) is 30.7 Å². The fourth-order valence-electron chi connectivity index (χ4n) is 3.32. The number of carbonyl (C=O) groups excluding carboxylic acids is 1. The zero-order chi connectivity index (χ0) is 24.6. The number of ketones is 1. The average Bonchev–Trinajstić information content (AvgIpc) is 3.22. The van der Waals surface area contributed by atoms with Gasteiger partial charge in [-0.2, -0.15) is 0 Å². The van der Waals surface area contributed by atoms with Gasteiger partial charge in [-0.15, -0.1) is 0 Å².